The molecule has 0 saturated carbocycles. The van der Waals surface area contributed by atoms with E-state index in [1.807, 2.05) is 52.3 Å². The van der Waals surface area contributed by atoms with Crippen molar-refractivity contribution in [2.24, 2.45) is 11.8 Å². The van der Waals surface area contributed by atoms with Gasteiger partial charge in [-0.15, -0.1) is 0 Å². The van der Waals surface area contributed by atoms with Crippen molar-refractivity contribution in [2.75, 3.05) is 26.2 Å². The van der Waals surface area contributed by atoms with E-state index in [9.17, 15) is 9.59 Å². The van der Waals surface area contributed by atoms with Crippen LogP contribution in [0.25, 0.3) is 17.1 Å². The molecular weight excluding hydrogens is 426 g/mol. The molecule has 7 nitrogen and oxygen atoms in total. The second-order valence-electron chi connectivity index (χ2n) is 8.54. The summed E-state index contributed by atoms with van der Waals surface area (Å²) in [6.07, 6.45) is 5.30. The minimum atomic E-state index is 0.0359. The maximum absolute atomic E-state index is 13.0. The molecule has 164 valence electrons. The molecule has 0 aliphatic carbocycles. The number of nitrogens with one attached hydrogen (secondary N) is 1. The first kappa shape index (κ1) is 20.7. The van der Waals surface area contributed by atoms with Crippen LogP contribution in [0.3, 0.4) is 0 Å². The van der Waals surface area contributed by atoms with Crippen LogP contribution in [0.1, 0.15) is 28.8 Å². The molecule has 32 heavy (non-hydrogen) atoms. The Kier molecular flexibility index (Phi) is 5.66. The lowest BCUT2D eigenvalue weighted by molar-refractivity contribution is -0.126. The Hall–Kier alpha value is -3.19. The molecular formula is C24H24ClN5O2. The summed E-state index contributed by atoms with van der Waals surface area (Å²) in [6, 6.07) is 12.8. The zero-order valence-electron chi connectivity index (χ0n) is 17.6. The van der Waals surface area contributed by atoms with E-state index in [0.717, 1.165) is 50.1 Å². The minimum absolute atomic E-state index is 0.0359. The lowest BCUT2D eigenvalue weighted by Gasteiger charge is -2.21. The summed E-state index contributed by atoms with van der Waals surface area (Å²) in [5, 5.41) is 11.4. The van der Waals surface area contributed by atoms with Gasteiger partial charge in [-0.3, -0.25) is 9.59 Å². The van der Waals surface area contributed by atoms with Gasteiger partial charge in [0.25, 0.3) is 5.91 Å². The van der Waals surface area contributed by atoms with E-state index in [0.29, 0.717) is 27.9 Å². The second-order valence-corrected chi connectivity index (χ2v) is 8.98. The van der Waals surface area contributed by atoms with Gasteiger partial charge in [0, 0.05) is 42.8 Å². The smallest absolute Gasteiger partial charge is 0.253 e. The minimum Gasteiger partial charge on any atom is -0.339 e. The second kappa shape index (κ2) is 8.74. The van der Waals surface area contributed by atoms with Crippen molar-refractivity contribution in [3.63, 3.8) is 0 Å². The number of fused-ring (bicyclic) bond motifs is 2. The van der Waals surface area contributed by atoms with Crippen molar-refractivity contribution in [3.05, 3.63) is 64.7 Å². The highest BCUT2D eigenvalue weighted by molar-refractivity contribution is 6.30. The largest absolute Gasteiger partial charge is 0.339 e. The van der Waals surface area contributed by atoms with Gasteiger partial charge in [-0.25, -0.2) is 0 Å². The van der Waals surface area contributed by atoms with Crippen LogP contribution in [0.15, 0.2) is 48.5 Å². The van der Waals surface area contributed by atoms with Gasteiger partial charge in [-0.2, -0.15) is 15.4 Å². The molecule has 2 saturated heterocycles. The molecule has 3 aromatic rings. The van der Waals surface area contributed by atoms with E-state index in [1.165, 1.54) is 0 Å². The topological polar surface area (TPSA) is 82.2 Å². The third-order valence-electron chi connectivity index (χ3n) is 6.57. The number of aromatic nitrogens is 3. The van der Waals surface area contributed by atoms with Crippen molar-refractivity contribution in [1.29, 1.82) is 0 Å². The van der Waals surface area contributed by atoms with E-state index in [1.54, 1.807) is 12.1 Å². The van der Waals surface area contributed by atoms with Gasteiger partial charge in [0.1, 0.15) is 11.0 Å². The van der Waals surface area contributed by atoms with Gasteiger partial charge in [0.2, 0.25) is 5.91 Å². The lowest BCUT2D eigenvalue weighted by atomic mass is 9.92. The number of rotatable bonds is 3. The fraction of sp³-hybridized carbons (Fsp3) is 0.333. The summed E-state index contributed by atoms with van der Waals surface area (Å²) in [4.78, 5) is 29.6. The fourth-order valence-corrected chi connectivity index (χ4v) is 4.86. The lowest BCUT2D eigenvalue weighted by Crippen LogP contribution is -2.33. The summed E-state index contributed by atoms with van der Waals surface area (Å²) in [5.41, 5.74) is 3.05. The number of carbonyl (C=O) groups is 2. The number of likely N-dealkylation sites (tertiary alicyclic amines) is 2. The van der Waals surface area contributed by atoms with Crippen LogP contribution < -0.4 is 0 Å². The molecule has 3 heterocycles. The molecule has 2 atom stereocenters. The number of H-pyrrole nitrogens is 1. The molecule has 0 radical (unpaired) electrons. The van der Waals surface area contributed by atoms with Crippen LogP contribution in [0.2, 0.25) is 5.02 Å². The summed E-state index contributed by atoms with van der Waals surface area (Å²) >= 11 is 5.91. The Morgan fingerprint density at radius 2 is 1.62 bits per heavy atom. The quantitative estimate of drug-likeness (QED) is 0.619. The fourth-order valence-electron chi connectivity index (χ4n) is 4.74. The van der Waals surface area contributed by atoms with E-state index in [-0.39, 0.29) is 11.8 Å². The first-order valence-electron chi connectivity index (χ1n) is 10.9. The summed E-state index contributed by atoms with van der Waals surface area (Å²) in [5.74, 6) is 0.927. The van der Waals surface area contributed by atoms with Crippen LogP contribution in [0, 0.1) is 11.8 Å². The molecule has 0 bridgehead atoms. The van der Waals surface area contributed by atoms with Gasteiger partial charge in [-0.05, 0) is 66.6 Å². The summed E-state index contributed by atoms with van der Waals surface area (Å²) in [6.45, 7) is 2.92. The van der Waals surface area contributed by atoms with Crippen molar-refractivity contribution >= 4 is 40.5 Å². The standard InChI is InChI=1S/C24H24ClN5O2/c25-20-5-1-16(2-6-20)3-8-23(31)29-11-9-18-14-30(15-19(18)10-12-29)24(32)17-4-7-21-22(13-17)27-28-26-21/h1-8,13,18-19H,9-12,14-15H2,(H,26,27,28)/b8-3+/t18-,19?/m1/s1. The highest BCUT2D eigenvalue weighted by Gasteiger charge is 2.37. The predicted octanol–water partition coefficient (Wildman–Crippen LogP) is 3.64. The van der Waals surface area contributed by atoms with Crippen molar-refractivity contribution in [3.8, 4) is 0 Å². The monoisotopic (exact) mass is 449 g/mol. The van der Waals surface area contributed by atoms with E-state index >= 15 is 0 Å². The zero-order valence-corrected chi connectivity index (χ0v) is 18.3. The number of hydrogen-bond donors (Lipinski definition) is 1. The van der Waals surface area contributed by atoms with Gasteiger partial charge in [0.05, 0.1) is 0 Å². The molecule has 2 aromatic carbocycles. The summed E-state index contributed by atoms with van der Waals surface area (Å²) < 4.78 is 0. The number of amides is 2. The first-order valence-corrected chi connectivity index (χ1v) is 11.3. The Morgan fingerprint density at radius 1 is 0.938 bits per heavy atom. The van der Waals surface area contributed by atoms with Gasteiger partial charge >= 0.3 is 0 Å². The normalized spacial score (nSPS) is 21.2. The van der Waals surface area contributed by atoms with E-state index in [2.05, 4.69) is 15.4 Å². The zero-order chi connectivity index (χ0) is 22.1. The SMILES string of the molecule is O=C(/C=C/c1ccc(Cl)cc1)N1CCC2CN(C(=O)c3ccc4n[nH]nc4c3)C[C@H]2CC1. The number of halogens is 1. The van der Waals surface area contributed by atoms with Crippen molar-refractivity contribution < 1.29 is 9.59 Å². The molecule has 2 aliphatic rings. The number of benzene rings is 2. The van der Waals surface area contributed by atoms with Gasteiger partial charge in [0.15, 0.2) is 0 Å². The maximum Gasteiger partial charge on any atom is 0.253 e. The third kappa shape index (κ3) is 4.25. The average Bonchev–Trinajstić information content (AvgIpc) is 3.40. The van der Waals surface area contributed by atoms with Crippen LogP contribution in [-0.2, 0) is 4.79 Å². The van der Waals surface area contributed by atoms with Crippen LogP contribution in [-0.4, -0.2) is 63.2 Å². The Balaban J connectivity index is 1.19. The molecule has 2 aliphatic heterocycles. The van der Waals surface area contributed by atoms with Gasteiger partial charge in [-0.1, -0.05) is 23.7 Å². The highest BCUT2D eigenvalue weighted by Crippen LogP contribution is 2.33. The molecule has 5 rings (SSSR count). The van der Waals surface area contributed by atoms with Crippen LogP contribution in [0.5, 0.6) is 0 Å². The van der Waals surface area contributed by atoms with Gasteiger partial charge < -0.3 is 9.80 Å². The van der Waals surface area contributed by atoms with Crippen molar-refractivity contribution in [2.45, 2.75) is 12.8 Å². The Labute approximate surface area is 191 Å². The van der Waals surface area contributed by atoms with E-state index < -0.39 is 0 Å². The first-order chi connectivity index (χ1) is 15.6. The highest BCUT2D eigenvalue weighted by atomic mass is 35.5. The molecule has 2 amide bonds. The Bertz CT molecular complexity index is 1160. The number of nitrogens with zero attached hydrogens (tertiary/aromatic N) is 4. The molecule has 8 heteroatoms. The molecule has 1 unspecified atom stereocenters. The average molecular weight is 450 g/mol. The number of aromatic amines is 1. The number of carbonyl (C=O) groups excluding carboxylic acids is 2. The molecule has 1 N–H and O–H groups in total. The molecule has 1 aromatic heterocycles. The Morgan fingerprint density at radius 3 is 2.34 bits per heavy atom. The third-order valence-corrected chi connectivity index (χ3v) is 6.82. The number of hydrogen-bond acceptors (Lipinski definition) is 4. The van der Waals surface area contributed by atoms with Crippen LogP contribution >= 0.6 is 11.6 Å². The van der Waals surface area contributed by atoms with Crippen molar-refractivity contribution in [1.82, 2.24) is 25.2 Å². The maximum atomic E-state index is 13.0. The molecule has 2 fully saturated rings. The van der Waals surface area contributed by atoms with Crippen LogP contribution in [0.4, 0.5) is 0 Å². The summed E-state index contributed by atoms with van der Waals surface area (Å²) in [7, 11) is 0. The van der Waals surface area contributed by atoms with E-state index in [4.69, 9.17) is 11.6 Å². The predicted molar refractivity (Wildman–Crippen MR) is 123 cm³/mol. The molecule has 0 spiro atoms.